The molecule has 0 saturated heterocycles. The summed E-state index contributed by atoms with van der Waals surface area (Å²) < 4.78 is 5.32. The lowest BCUT2D eigenvalue weighted by atomic mass is 10.2. The van der Waals surface area contributed by atoms with E-state index in [0.29, 0.717) is 18.1 Å². The molecular formula is C13H26N2O2. The summed E-state index contributed by atoms with van der Waals surface area (Å²) in [7, 11) is 1.76. The lowest BCUT2D eigenvalue weighted by Gasteiger charge is -2.19. The van der Waals surface area contributed by atoms with Gasteiger partial charge in [0.2, 0.25) is 5.91 Å². The molecule has 100 valence electrons. The third-order valence-corrected chi connectivity index (χ3v) is 3.28. The molecule has 0 aromatic rings. The molecule has 1 fully saturated rings. The van der Waals surface area contributed by atoms with Crippen molar-refractivity contribution in [2.24, 2.45) is 5.92 Å². The lowest BCUT2D eigenvalue weighted by Crippen LogP contribution is -2.46. The minimum atomic E-state index is -0.116. The zero-order chi connectivity index (χ0) is 12.8. The summed E-state index contributed by atoms with van der Waals surface area (Å²) in [5.74, 6) is 0.593. The third-order valence-electron chi connectivity index (χ3n) is 3.28. The Morgan fingerprint density at radius 1 is 1.35 bits per heavy atom. The second kappa shape index (κ2) is 6.97. The topological polar surface area (TPSA) is 50.4 Å². The fourth-order valence-corrected chi connectivity index (χ4v) is 2.19. The molecule has 2 N–H and O–H groups in total. The van der Waals surface area contributed by atoms with E-state index < -0.39 is 0 Å². The molecule has 3 atom stereocenters. The standard InChI is InChI=1S/C13H26N2O2/c1-9(2)8-14-13(16)10(3)15-11-5-6-12(7-11)17-4/h9-12,15H,5-8H2,1-4H3,(H,14,16). The van der Waals surface area contributed by atoms with E-state index in [0.717, 1.165) is 25.8 Å². The number of ether oxygens (including phenoxy) is 1. The Kier molecular flexibility index (Phi) is 5.92. The lowest BCUT2D eigenvalue weighted by molar-refractivity contribution is -0.123. The van der Waals surface area contributed by atoms with E-state index in [1.807, 2.05) is 6.92 Å². The first-order valence-corrected chi connectivity index (χ1v) is 6.59. The van der Waals surface area contributed by atoms with Gasteiger partial charge in [-0.1, -0.05) is 13.8 Å². The second-order valence-electron chi connectivity index (χ2n) is 5.40. The molecule has 17 heavy (non-hydrogen) atoms. The van der Waals surface area contributed by atoms with Gasteiger partial charge in [-0.2, -0.15) is 0 Å². The summed E-state index contributed by atoms with van der Waals surface area (Å²) >= 11 is 0. The average Bonchev–Trinajstić information content (AvgIpc) is 2.73. The van der Waals surface area contributed by atoms with Crippen LogP contribution in [0.4, 0.5) is 0 Å². The molecule has 4 nitrogen and oxygen atoms in total. The van der Waals surface area contributed by atoms with Gasteiger partial charge in [-0.15, -0.1) is 0 Å². The number of amides is 1. The summed E-state index contributed by atoms with van der Waals surface area (Å²) in [6, 6.07) is 0.300. The maximum absolute atomic E-state index is 11.8. The van der Waals surface area contributed by atoms with Crippen LogP contribution in [0.25, 0.3) is 0 Å². The van der Waals surface area contributed by atoms with Crippen molar-refractivity contribution in [1.82, 2.24) is 10.6 Å². The molecule has 1 amide bonds. The summed E-state index contributed by atoms with van der Waals surface area (Å²) in [6.45, 7) is 6.86. The third kappa shape index (κ3) is 5.04. The van der Waals surface area contributed by atoms with Gasteiger partial charge in [-0.3, -0.25) is 4.79 Å². The first-order chi connectivity index (χ1) is 8.02. The Balaban J connectivity index is 2.24. The van der Waals surface area contributed by atoms with Crippen LogP contribution < -0.4 is 10.6 Å². The minimum absolute atomic E-state index is 0.0968. The van der Waals surface area contributed by atoms with Gasteiger partial charge in [-0.25, -0.2) is 0 Å². The van der Waals surface area contributed by atoms with Crippen LogP contribution in [-0.2, 0) is 9.53 Å². The molecule has 0 aromatic carbocycles. The van der Waals surface area contributed by atoms with Crippen LogP contribution in [0.1, 0.15) is 40.0 Å². The normalized spacial score (nSPS) is 26.2. The Bertz CT molecular complexity index is 244. The molecule has 0 aliphatic heterocycles. The largest absolute Gasteiger partial charge is 0.381 e. The number of methoxy groups -OCH3 is 1. The molecule has 4 heteroatoms. The van der Waals surface area contributed by atoms with Crippen LogP contribution in [0.3, 0.4) is 0 Å². The number of hydrogen-bond donors (Lipinski definition) is 2. The SMILES string of the molecule is COC1CCC(NC(C)C(=O)NCC(C)C)C1. The van der Waals surface area contributed by atoms with E-state index >= 15 is 0 Å². The highest BCUT2D eigenvalue weighted by molar-refractivity contribution is 5.81. The van der Waals surface area contributed by atoms with E-state index in [2.05, 4.69) is 24.5 Å². The predicted octanol–water partition coefficient (Wildman–Crippen LogP) is 1.30. The fourth-order valence-electron chi connectivity index (χ4n) is 2.19. The highest BCUT2D eigenvalue weighted by Gasteiger charge is 2.26. The quantitative estimate of drug-likeness (QED) is 0.738. The maximum Gasteiger partial charge on any atom is 0.236 e. The molecule has 1 aliphatic rings. The number of nitrogens with one attached hydrogen (secondary N) is 2. The van der Waals surface area contributed by atoms with Crippen molar-refractivity contribution in [2.75, 3.05) is 13.7 Å². The van der Waals surface area contributed by atoms with E-state index in [4.69, 9.17) is 4.74 Å². The van der Waals surface area contributed by atoms with Gasteiger partial charge >= 0.3 is 0 Å². The van der Waals surface area contributed by atoms with Crippen LogP contribution in [-0.4, -0.2) is 37.7 Å². The van der Waals surface area contributed by atoms with Gasteiger partial charge in [0.1, 0.15) is 0 Å². The van der Waals surface area contributed by atoms with Crippen LogP contribution in [0.15, 0.2) is 0 Å². The average molecular weight is 242 g/mol. The molecule has 0 heterocycles. The second-order valence-corrected chi connectivity index (χ2v) is 5.40. The van der Waals surface area contributed by atoms with Crippen molar-refractivity contribution in [2.45, 2.75) is 58.2 Å². The van der Waals surface area contributed by atoms with Crippen molar-refractivity contribution in [3.63, 3.8) is 0 Å². The summed E-state index contributed by atoms with van der Waals surface area (Å²) in [5.41, 5.74) is 0. The Labute approximate surface area is 104 Å². The van der Waals surface area contributed by atoms with Crippen LogP contribution in [0.2, 0.25) is 0 Å². The first kappa shape index (κ1) is 14.5. The minimum Gasteiger partial charge on any atom is -0.381 e. The van der Waals surface area contributed by atoms with Crippen molar-refractivity contribution in [1.29, 1.82) is 0 Å². The molecule has 0 spiro atoms. The maximum atomic E-state index is 11.8. The first-order valence-electron chi connectivity index (χ1n) is 6.59. The van der Waals surface area contributed by atoms with E-state index in [-0.39, 0.29) is 11.9 Å². The molecule has 1 rings (SSSR count). The number of rotatable bonds is 6. The monoisotopic (exact) mass is 242 g/mol. The van der Waals surface area contributed by atoms with E-state index in [9.17, 15) is 4.79 Å². The Morgan fingerprint density at radius 2 is 2.06 bits per heavy atom. The molecule has 0 bridgehead atoms. The van der Waals surface area contributed by atoms with E-state index in [1.54, 1.807) is 7.11 Å². The van der Waals surface area contributed by atoms with Crippen molar-refractivity contribution in [3.8, 4) is 0 Å². The van der Waals surface area contributed by atoms with Crippen molar-refractivity contribution in [3.05, 3.63) is 0 Å². The number of hydrogen-bond acceptors (Lipinski definition) is 3. The van der Waals surface area contributed by atoms with Gasteiger partial charge in [0.15, 0.2) is 0 Å². The van der Waals surface area contributed by atoms with Gasteiger partial charge in [0.05, 0.1) is 12.1 Å². The molecular weight excluding hydrogens is 216 g/mol. The Hall–Kier alpha value is -0.610. The van der Waals surface area contributed by atoms with Gasteiger partial charge in [0.25, 0.3) is 0 Å². The number of carbonyl (C=O) groups excluding carboxylic acids is 1. The van der Waals surface area contributed by atoms with Crippen LogP contribution >= 0.6 is 0 Å². The summed E-state index contributed by atoms with van der Waals surface area (Å²) in [6.07, 6.45) is 3.56. The van der Waals surface area contributed by atoms with Crippen LogP contribution in [0, 0.1) is 5.92 Å². The predicted molar refractivity (Wildman–Crippen MR) is 68.9 cm³/mol. The van der Waals surface area contributed by atoms with Crippen molar-refractivity contribution < 1.29 is 9.53 Å². The summed E-state index contributed by atoms with van der Waals surface area (Å²) in [4.78, 5) is 11.8. The summed E-state index contributed by atoms with van der Waals surface area (Å²) in [5, 5.41) is 6.32. The van der Waals surface area contributed by atoms with E-state index in [1.165, 1.54) is 0 Å². The molecule has 0 aromatic heterocycles. The smallest absolute Gasteiger partial charge is 0.236 e. The zero-order valence-electron chi connectivity index (χ0n) is 11.5. The van der Waals surface area contributed by atoms with Crippen LogP contribution in [0.5, 0.6) is 0 Å². The van der Waals surface area contributed by atoms with Gasteiger partial charge in [0, 0.05) is 19.7 Å². The Morgan fingerprint density at radius 3 is 2.59 bits per heavy atom. The molecule has 0 radical (unpaired) electrons. The number of carbonyl (C=O) groups is 1. The highest BCUT2D eigenvalue weighted by atomic mass is 16.5. The zero-order valence-corrected chi connectivity index (χ0v) is 11.5. The van der Waals surface area contributed by atoms with Gasteiger partial charge < -0.3 is 15.4 Å². The van der Waals surface area contributed by atoms with Crippen molar-refractivity contribution >= 4 is 5.91 Å². The molecule has 1 aliphatic carbocycles. The molecule has 1 saturated carbocycles. The fraction of sp³-hybridized carbons (Fsp3) is 0.923. The molecule has 3 unspecified atom stereocenters. The highest BCUT2D eigenvalue weighted by Crippen LogP contribution is 2.21. The van der Waals surface area contributed by atoms with Gasteiger partial charge in [-0.05, 0) is 32.1 Å².